The molecule has 3 nitrogen and oxygen atoms in total. The van der Waals surface area contributed by atoms with Crippen LogP contribution in [0.4, 0.5) is 5.69 Å². The highest BCUT2D eigenvalue weighted by molar-refractivity contribution is 6.31. The normalized spacial score (nSPS) is 15.3. The van der Waals surface area contributed by atoms with Crippen LogP contribution in [0.25, 0.3) is 0 Å². The number of amides is 1. The molecule has 2 rings (SSSR count). The van der Waals surface area contributed by atoms with E-state index in [0.29, 0.717) is 11.6 Å². The number of nitrogens with zero attached hydrogens (tertiary/aromatic N) is 1. The van der Waals surface area contributed by atoms with Crippen molar-refractivity contribution in [3.63, 3.8) is 0 Å². The Hall–Kier alpha value is -0.770. The van der Waals surface area contributed by atoms with E-state index in [2.05, 4.69) is 0 Å². The second-order valence-corrected chi connectivity index (χ2v) is 4.24. The monoisotopic (exact) mass is 260 g/mol. The Labute approximate surface area is 106 Å². The summed E-state index contributed by atoms with van der Waals surface area (Å²) in [5.74, 6) is -0.0454. The van der Waals surface area contributed by atoms with Crippen LogP contribution in [0.15, 0.2) is 18.2 Å². The zero-order valence-electron chi connectivity index (χ0n) is 8.94. The number of benzene rings is 1. The van der Waals surface area contributed by atoms with Gasteiger partial charge in [0, 0.05) is 17.3 Å². The lowest BCUT2D eigenvalue weighted by molar-refractivity contribution is -0.119. The van der Waals surface area contributed by atoms with Gasteiger partial charge >= 0.3 is 0 Å². The first-order valence-electron chi connectivity index (χ1n) is 4.95. The Morgan fingerprint density at radius 2 is 2.25 bits per heavy atom. The van der Waals surface area contributed by atoms with Gasteiger partial charge in [0.2, 0.25) is 5.91 Å². The summed E-state index contributed by atoms with van der Waals surface area (Å²) in [5.41, 5.74) is 7.65. The van der Waals surface area contributed by atoms with Crippen LogP contribution in [0.2, 0.25) is 5.02 Å². The molecule has 1 aliphatic rings. The Bertz CT molecular complexity index is 407. The van der Waals surface area contributed by atoms with Gasteiger partial charge in [0.15, 0.2) is 0 Å². The summed E-state index contributed by atoms with van der Waals surface area (Å²) >= 11 is 5.90. The number of rotatable bonds is 1. The maximum absolute atomic E-state index is 11.8. The van der Waals surface area contributed by atoms with Crippen LogP contribution in [-0.2, 0) is 11.2 Å². The molecule has 1 unspecified atom stereocenters. The van der Waals surface area contributed by atoms with Crippen molar-refractivity contribution in [2.45, 2.75) is 19.4 Å². The van der Waals surface area contributed by atoms with Gasteiger partial charge in [0.1, 0.15) is 0 Å². The zero-order chi connectivity index (χ0) is 11.0. The minimum Gasteiger partial charge on any atom is -0.320 e. The Balaban J connectivity index is 0.00000128. The van der Waals surface area contributed by atoms with Crippen molar-refractivity contribution in [3.8, 4) is 0 Å². The molecule has 0 spiro atoms. The van der Waals surface area contributed by atoms with Crippen LogP contribution in [0.1, 0.15) is 12.5 Å². The predicted molar refractivity (Wildman–Crippen MR) is 68.4 cm³/mol. The van der Waals surface area contributed by atoms with Crippen molar-refractivity contribution in [3.05, 3.63) is 28.8 Å². The van der Waals surface area contributed by atoms with E-state index in [0.717, 1.165) is 17.7 Å². The Kier molecular flexibility index (Phi) is 4.19. The van der Waals surface area contributed by atoms with E-state index in [1.54, 1.807) is 11.8 Å². The average Bonchev–Trinajstić information content (AvgIpc) is 2.59. The summed E-state index contributed by atoms with van der Waals surface area (Å²) in [5, 5.41) is 0.651. The molecule has 0 saturated heterocycles. The molecule has 1 atom stereocenters. The smallest absolute Gasteiger partial charge is 0.243 e. The fourth-order valence-electron chi connectivity index (χ4n) is 1.83. The Morgan fingerprint density at radius 1 is 1.56 bits per heavy atom. The van der Waals surface area contributed by atoms with Crippen molar-refractivity contribution in [2.24, 2.45) is 5.73 Å². The SMILES string of the molecule is CC(N)C(=O)N1CCc2ccc(Cl)cc21.Cl. The molecular formula is C11H14Cl2N2O. The molecule has 0 saturated carbocycles. The number of hydrogen-bond acceptors (Lipinski definition) is 2. The van der Waals surface area contributed by atoms with Gasteiger partial charge in [-0.15, -0.1) is 12.4 Å². The molecule has 88 valence electrons. The van der Waals surface area contributed by atoms with Crippen molar-refractivity contribution in [1.82, 2.24) is 0 Å². The molecule has 1 heterocycles. The molecule has 0 aromatic heterocycles. The molecule has 1 aromatic carbocycles. The summed E-state index contributed by atoms with van der Waals surface area (Å²) in [4.78, 5) is 13.5. The van der Waals surface area contributed by atoms with Gasteiger partial charge in [0.25, 0.3) is 0 Å². The van der Waals surface area contributed by atoms with Crippen LogP contribution < -0.4 is 10.6 Å². The standard InChI is InChI=1S/C11H13ClN2O.ClH/c1-7(13)11(15)14-5-4-8-2-3-9(12)6-10(8)14;/h2-3,6-7H,4-5,13H2,1H3;1H. The minimum atomic E-state index is -0.463. The van der Waals surface area contributed by atoms with Crippen molar-refractivity contribution in [2.75, 3.05) is 11.4 Å². The maximum Gasteiger partial charge on any atom is 0.243 e. The lowest BCUT2D eigenvalue weighted by Crippen LogP contribution is -2.41. The first-order valence-corrected chi connectivity index (χ1v) is 5.33. The third-order valence-corrected chi connectivity index (χ3v) is 2.83. The number of nitrogens with two attached hydrogens (primary N) is 1. The molecule has 0 radical (unpaired) electrons. The lowest BCUT2D eigenvalue weighted by Gasteiger charge is -2.19. The predicted octanol–water partition coefficient (Wildman–Crippen LogP) is 2.00. The second-order valence-electron chi connectivity index (χ2n) is 3.80. The molecule has 2 N–H and O–H groups in total. The van der Waals surface area contributed by atoms with Crippen LogP contribution >= 0.6 is 24.0 Å². The number of halogens is 2. The quantitative estimate of drug-likeness (QED) is 0.840. The average molecular weight is 261 g/mol. The zero-order valence-corrected chi connectivity index (χ0v) is 10.5. The summed E-state index contributed by atoms with van der Waals surface area (Å²) in [6.45, 7) is 2.40. The fraction of sp³-hybridized carbons (Fsp3) is 0.364. The highest BCUT2D eigenvalue weighted by atomic mass is 35.5. The van der Waals surface area contributed by atoms with E-state index in [9.17, 15) is 4.79 Å². The molecule has 1 aromatic rings. The van der Waals surface area contributed by atoms with Crippen molar-refractivity contribution < 1.29 is 4.79 Å². The lowest BCUT2D eigenvalue weighted by atomic mass is 10.2. The first-order chi connectivity index (χ1) is 7.09. The van der Waals surface area contributed by atoms with E-state index in [1.807, 2.05) is 18.2 Å². The fourth-order valence-corrected chi connectivity index (χ4v) is 1.99. The number of hydrogen-bond donors (Lipinski definition) is 1. The minimum absolute atomic E-state index is 0. The van der Waals surface area contributed by atoms with Crippen molar-refractivity contribution >= 4 is 35.6 Å². The summed E-state index contributed by atoms with van der Waals surface area (Å²) in [6, 6.07) is 5.17. The third-order valence-electron chi connectivity index (χ3n) is 2.60. The second kappa shape index (κ2) is 5.04. The van der Waals surface area contributed by atoms with Crippen LogP contribution in [-0.4, -0.2) is 18.5 Å². The van der Waals surface area contributed by atoms with E-state index in [4.69, 9.17) is 17.3 Å². The number of fused-ring (bicyclic) bond motifs is 1. The van der Waals surface area contributed by atoms with Gasteiger partial charge in [0.05, 0.1) is 6.04 Å². The Morgan fingerprint density at radius 3 is 2.88 bits per heavy atom. The third kappa shape index (κ3) is 2.32. The van der Waals surface area contributed by atoms with Gasteiger partial charge in [-0.05, 0) is 31.0 Å². The number of carbonyl (C=O) groups excluding carboxylic acids is 1. The van der Waals surface area contributed by atoms with Crippen LogP contribution in [0, 0.1) is 0 Å². The summed E-state index contributed by atoms with van der Waals surface area (Å²) in [7, 11) is 0. The van der Waals surface area contributed by atoms with Gasteiger partial charge in [-0.1, -0.05) is 17.7 Å². The van der Waals surface area contributed by atoms with E-state index < -0.39 is 6.04 Å². The van der Waals surface area contributed by atoms with Gasteiger partial charge in [-0.2, -0.15) is 0 Å². The van der Waals surface area contributed by atoms with Gasteiger partial charge < -0.3 is 10.6 Å². The van der Waals surface area contributed by atoms with Crippen molar-refractivity contribution in [1.29, 1.82) is 0 Å². The molecular weight excluding hydrogens is 247 g/mol. The molecule has 16 heavy (non-hydrogen) atoms. The van der Waals surface area contributed by atoms with E-state index in [1.165, 1.54) is 0 Å². The molecule has 0 fully saturated rings. The molecule has 1 amide bonds. The highest BCUT2D eigenvalue weighted by Crippen LogP contribution is 2.30. The van der Waals surface area contributed by atoms with Crippen LogP contribution in [0.3, 0.4) is 0 Å². The molecule has 1 aliphatic heterocycles. The molecule has 0 aliphatic carbocycles. The largest absolute Gasteiger partial charge is 0.320 e. The summed E-state index contributed by atoms with van der Waals surface area (Å²) in [6.07, 6.45) is 0.880. The number of anilines is 1. The van der Waals surface area contributed by atoms with E-state index in [-0.39, 0.29) is 18.3 Å². The summed E-state index contributed by atoms with van der Waals surface area (Å²) < 4.78 is 0. The van der Waals surface area contributed by atoms with Crippen LogP contribution in [0.5, 0.6) is 0 Å². The maximum atomic E-state index is 11.8. The number of carbonyl (C=O) groups is 1. The topological polar surface area (TPSA) is 46.3 Å². The first kappa shape index (κ1) is 13.3. The van der Waals surface area contributed by atoms with E-state index >= 15 is 0 Å². The highest BCUT2D eigenvalue weighted by Gasteiger charge is 2.26. The molecule has 5 heteroatoms. The van der Waals surface area contributed by atoms with Gasteiger partial charge in [-0.25, -0.2) is 0 Å². The van der Waals surface area contributed by atoms with Gasteiger partial charge in [-0.3, -0.25) is 4.79 Å². The molecule has 0 bridgehead atoms.